The highest BCUT2D eigenvalue weighted by Gasteiger charge is 2.10. The Kier molecular flexibility index (Phi) is 4.58. The van der Waals surface area contributed by atoms with Crippen molar-refractivity contribution in [1.29, 1.82) is 0 Å². The zero-order valence-electron chi connectivity index (χ0n) is 9.70. The standard InChI is InChI=1S/C9H15FN6O/c1-3-16(2)7(17)5-12-8-6(10)4-13-9(14-8)15-11/h4H,3,5,11H2,1-2H3,(H2,12,13,14,15). The number of nitrogens with zero attached hydrogens (tertiary/aromatic N) is 3. The van der Waals surface area contributed by atoms with Gasteiger partial charge in [-0.2, -0.15) is 4.98 Å². The second-order valence-electron chi connectivity index (χ2n) is 3.30. The quantitative estimate of drug-likeness (QED) is 0.488. The van der Waals surface area contributed by atoms with Gasteiger partial charge in [-0.3, -0.25) is 10.2 Å². The number of hydrazine groups is 1. The Morgan fingerprint density at radius 3 is 2.94 bits per heavy atom. The number of carbonyl (C=O) groups excluding carboxylic acids is 1. The van der Waals surface area contributed by atoms with Crippen LogP contribution in [0.3, 0.4) is 0 Å². The van der Waals surface area contributed by atoms with Gasteiger partial charge in [0.05, 0.1) is 12.7 Å². The average Bonchev–Trinajstić information content (AvgIpc) is 2.36. The summed E-state index contributed by atoms with van der Waals surface area (Å²) in [5, 5.41) is 2.59. The Labute approximate surface area is 98.2 Å². The van der Waals surface area contributed by atoms with E-state index in [2.05, 4.69) is 20.7 Å². The van der Waals surface area contributed by atoms with Gasteiger partial charge in [0, 0.05) is 13.6 Å². The van der Waals surface area contributed by atoms with Crippen LogP contribution in [0.15, 0.2) is 6.20 Å². The van der Waals surface area contributed by atoms with Crippen molar-refractivity contribution < 1.29 is 9.18 Å². The van der Waals surface area contributed by atoms with Crippen LogP contribution in [0.1, 0.15) is 6.92 Å². The van der Waals surface area contributed by atoms with Crippen LogP contribution in [0.5, 0.6) is 0 Å². The number of nitrogens with two attached hydrogens (primary N) is 1. The number of aromatic nitrogens is 2. The van der Waals surface area contributed by atoms with Crippen LogP contribution in [0.4, 0.5) is 16.2 Å². The van der Waals surface area contributed by atoms with Gasteiger partial charge >= 0.3 is 0 Å². The normalized spacial score (nSPS) is 9.88. The minimum absolute atomic E-state index is 0.0394. The van der Waals surface area contributed by atoms with Crippen molar-refractivity contribution in [3.8, 4) is 0 Å². The summed E-state index contributed by atoms with van der Waals surface area (Å²) in [7, 11) is 1.66. The molecule has 0 fully saturated rings. The van der Waals surface area contributed by atoms with E-state index in [4.69, 9.17) is 5.84 Å². The molecule has 1 aromatic heterocycles. The average molecular weight is 242 g/mol. The summed E-state index contributed by atoms with van der Waals surface area (Å²) in [4.78, 5) is 20.3. The van der Waals surface area contributed by atoms with Crippen LogP contribution < -0.4 is 16.6 Å². The van der Waals surface area contributed by atoms with Crippen molar-refractivity contribution in [1.82, 2.24) is 14.9 Å². The monoisotopic (exact) mass is 242 g/mol. The molecule has 4 N–H and O–H groups in total. The van der Waals surface area contributed by atoms with E-state index in [9.17, 15) is 9.18 Å². The summed E-state index contributed by atoms with van der Waals surface area (Å²) < 4.78 is 13.3. The van der Waals surface area contributed by atoms with Crippen LogP contribution in [0.25, 0.3) is 0 Å². The fourth-order valence-electron chi connectivity index (χ4n) is 1.03. The summed E-state index contributed by atoms with van der Waals surface area (Å²) >= 11 is 0. The number of hydrogen-bond donors (Lipinski definition) is 3. The number of rotatable bonds is 5. The molecule has 0 saturated carbocycles. The molecular weight excluding hydrogens is 227 g/mol. The van der Waals surface area contributed by atoms with Crippen molar-refractivity contribution in [2.75, 3.05) is 30.9 Å². The van der Waals surface area contributed by atoms with Gasteiger partial charge in [-0.1, -0.05) is 0 Å². The number of nitrogens with one attached hydrogen (secondary N) is 2. The topological polar surface area (TPSA) is 96.2 Å². The second kappa shape index (κ2) is 5.94. The van der Waals surface area contributed by atoms with Crippen molar-refractivity contribution in [3.63, 3.8) is 0 Å². The van der Waals surface area contributed by atoms with E-state index in [1.807, 2.05) is 6.92 Å². The molecule has 94 valence electrons. The molecule has 17 heavy (non-hydrogen) atoms. The summed E-state index contributed by atoms with van der Waals surface area (Å²) in [6.07, 6.45) is 0.971. The zero-order chi connectivity index (χ0) is 12.8. The Balaban J connectivity index is 2.65. The lowest BCUT2D eigenvalue weighted by Crippen LogP contribution is -2.32. The van der Waals surface area contributed by atoms with Gasteiger partial charge in [0.25, 0.3) is 0 Å². The number of amides is 1. The van der Waals surface area contributed by atoms with Crippen LogP contribution in [0.2, 0.25) is 0 Å². The molecule has 0 spiro atoms. The van der Waals surface area contributed by atoms with Crippen LogP contribution in [0, 0.1) is 5.82 Å². The fraction of sp³-hybridized carbons (Fsp3) is 0.444. The highest BCUT2D eigenvalue weighted by atomic mass is 19.1. The van der Waals surface area contributed by atoms with Gasteiger partial charge in [0.15, 0.2) is 11.6 Å². The van der Waals surface area contributed by atoms with Crippen molar-refractivity contribution in [3.05, 3.63) is 12.0 Å². The lowest BCUT2D eigenvalue weighted by Gasteiger charge is -2.15. The maximum absolute atomic E-state index is 13.3. The first-order valence-corrected chi connectivity index (χ1v) is 5.05. The van der Waals surface area contributed by atoms with E-state index in [0.717, 1.165) is 6.20 Å². The van der Waals surface area contributed by atoms with Gasteiger partial charge in [-0.15, -0.1) is 0 Å². The highest BCUT2D eigenvalue weighted by molar-refractivity contribution is 5.80. The van der Waals surface area contributed by atoms with E-state index in [1.54, 1.807) is 7.05 Å². The number of carbonyl (C=O) groups is 1. The van der Waals surface area contributed by atoms with Gasteiger partial charge in [-0.05, 0) is 6.92 Å². The van der Waals surface area contributed by atoms with Crippen LogP contribution in [-0.2, 0) is 4.79 Å². The van der Waals surface area contributed by atoms with Gasteiger partial charge < -0.3 is 10.2 Å². The molecule has 8 heteroatoms. The molecule has 0 unspecified atom stereocenters. The summed E-state index contributed by atoms with van der Waals surface area (Å²) in [6, 6.07) is 0. The number of anilines is 2. The molecule has 0 atom stereocenters. The van der Waals surface area contributed by atoms with Crippen LogP contribution in [-0.4, -0.2) is 40.9 Å². The summed E-state index contributed by atoms with van der Waals surface area (Å²) in [5.41, 5.74) is 2.19. The van der Waals surface area contributed by atoms with E-state index < -0.39 is 5.82 Å². The third-order valence-electron chi connectivity index (χ3n) is 2.18. The maximum atomic E-state index is 13.3. The van der Waals surface area contributed by atoms with E-state index in [-0.39, 0.29) is 24.2 Å². The number of likely N-dealkylation sites (N-methyl/N-ethyl adjacent to an activating group) is 1. The van der Waals surface area contributed by atoms with Gasteiger partial charge in [-0.25, -0.2) is 15.2 Å². The lowest BCUT2D eigenvalue weighted by atomic mass is 10.4. The van der Waals surface area contributed by atoms with Gasteiger partial charge in [0.1, 0.15) is 0 Å². The predicted molar refractivity (Wildman–Crippen MR) is 61.6 cm³/mol. The number of halogens is 1. The Morgan fingerprint density at radius 1 is 1.65 bits per heavy atom. The zero-order valence-corrected chi connectivity index (χ0v) is 9.70. The van der Waals surface area contributed by atoms with Crippen LogP contribution >= 0.6 is 0 Å². The smallest absolute Gasteiger partial charge is 0.241 e. The van der Waals surface area contributed by atoms with E-state index in [1.165, 1.54) is 4.90 Å². The predicted octanol–water partition coefficient (Wildman–Crippen LogP) is -0.208. The van der Waals surface area contributed by atoms with Crippen molar-refractivity contribution in [2.45, 2.75) is 6.92 Å². The first-order chi connectivity index (χ1) is 8.08. The third-order valence-corrected chi connectivity index (χ3v) is 2.18. The summed E-state index contributed by atoms with van der Waals surface area (Å²) in [6.45, 7) is 2.39. The lowest BCUT2D eigenvalue weighted by molar-refractivity contribution is -0.127. The molecule has 0 aliphatic heterocycles. The molecule has 1 heterocycles. The Bertz CT molecular complexity index is 399. The molecule has 1 rings (SSSR count). The summed E-state index contributed by atoms with van der Waals surface area (Å²) in [5.74, 6) is 4.30. The first kappa shape index (κ1) is 13.1. The fourth-order valence-corrected chi connectivity index (χ4v) is 1.03. The third kappa shape index (κ3) is 3.52. The highest BCUT2D eigenvalue weighted by Crippen LogP contribution is 2.10. The molecule has 0 bridgehead atoms. The maximum Gasteiger partial charge on any atom is 0.241 e. The SMILES string of the molecule is CCN(C)C(=O)CNc1nc(NN)ncc1F. The molecule has 1 aromatic rings. The van der Waals surface area contributed by atoms with E-state index >= 15 is 0 Å². The molecule has 7 nitrogen and oxygen atoms in total. The minimum atomic E-state index is -0.643. The first-order valence-electron chi connectivity index (χ1n) is 5.05. The molecule has 0 saturated heterocycles. The molecule has 0 aliphatic rings. The van der Waals surface area contributed by atoms with Gasteiger partial charge in [0.2, 0.25) is 11.9 Å². The van der Waals surface area contributed by atoms with Crippen molar-refractivity contribution >= 4 is 17.7 Å². The second-order valence-corrected chi connectivity index (χ2v) is 3.30. The Morgan fingerprint density at radius 2 is 2.35 bits per heavy atom. The Hall–Kier alpha value is -1.96. The molecule has 0 radical (unpaired) electrons. The van der Waals surface area contributed by atoms with E-state index in [0.29, 0.717) is 6.54 Å². The molecular formula is C9H15FN6O. The number of nitrogen functional groups attached to an aromatic ring is 1. The molecule has 0 aliphatic carbocycles. The van der Waals surface area contributed by atoms with Crippen molar-refractivity contribution in [2.24, 2.45) is 5.84 Å². The number of hydrogen-bond acceptors (Lipinski definition) is 6. The molecule has 0 aromatic carbocycles. The largest absolute Gasteiger partial charge is 0.358 e. The molecule has 1 amide bonds. The minimum Gasteiger partial charge on any atom is -0.358 e.